The van der Waals surface area contributed by atoms with E-state index in [1.54, 1.807) is 18.2 Å². The summed E-state index contributed by atoms with van der Waals surface area (Å²) in [6.07, 6.45) is 1.71. The summed E-state index contributed by atoms with van der Waals surface area (Å²) >= 11 is 0. The first kappa shape index (κ1) is 16.5. The highest BCUT2D eigenvalue weighted by Crippen LogP contribution is 2.15. The van der Waals surface area contributed by atoms with E-state index >= 15 is 0 Å². The van der Waals surface area contributed by atoms with Gasteiger partial charge in [-0.05, 0) is 24.1 Å². The first-order chi connectivity index (χ1) is 11.1. The second-order valence-corrected chi connectivity index (χ2v) is 4.76. The van der Waals surface area contributed by atoms with Crippen molar-refractivity contribution in [3.8, 4) is 6.01 Å². The molecule has 0 radical (unpaired) electrons. The van der Waals surface area contributed by atoms with Crippen LogP contribution in [0.3, 0.4) is 0 Å². The average molecular weight is 319 g/mol. The minimum absolute atomic E-state index is 0.0420. The van der Waals surface area contributed by atoms with Gasteiger partial charge < -0.3 is 15.8 Å². The summed E-state index contributed by atoms with van der Waals surface area (Å²) in [5.41, 5.74) is 7.11. The molecule has 8 heteroatoms. The van der Waals surface area contributed by atoms with E-state index in [9.17, 15) is 9.18 Å². The van der Waals surface area contributed by atoms with Gasteiger partial charge in [-0.2, -0.15) is 4.98 Å². The number of nitrogens with two attached hydrogens (primary N) is 1. The Hall–Kier alpha value is -2.90. The predicted molar refractivity (Wildman–Crippen MR) is 84.5 cm³/mol. The van der Waals surface area contributed by atoms with Crippen LogP contribution in [0.5, 0.6) is 6.01 Å². The van der Waals surface area contributed by atoms with Crippen LogP contribution in [0.15, 0.2) is 30.5 Å². The maximum Gasteiger partial charge on any atom is 0.320 e. The van der Waals surface area contributed by atoms with Crippen molar-refractivity contribution in [3.05, 3.63) is 41.8 Å². The number of benzene rings is 1. The Kier molecular flexibility index (Phi) is 5.67. The Morgan fingerprint density at radius 2 is 2.26 bits per heavy atom. The summed E-state index contributed by atoms with van der Waals surface area (Å²) < 4.78 is 19.0. The molecule has 1 aromatic heterocycles. The van der Waals surface area contributed by atoms with E-state index in [2.05, 4.69) is 20.6 Å². The van der Waals surface area contributed by atoms with Gasteiger partial charge in [-0.15, -0.1) is 0 Å². The molecule has 1 aromatic carbocycles. The minimum atomic E-state index is -0.743. The summed E-state index contributed by atoms with van der Waals surface area (Å²) in [4.78, 5) is 19.1. The van der Waals surface area contributed by atoms with Gasteiger partial charge in [0.1, 0.15) is 6.61 Å². The number of rotatable bonds is 6. The zero-order chi connectivity index (χ0) is 16.7. The molecule has 0 spiro atoms. The van der Waals surface area contributed by atoms with Gasteiger partial charge in [-0.1, -0.05) is 19.1 Å². The maximum atomic E-state index is 13.6. The van der Waals surface area contributed by atoms with Gasteiger partial charge in [-0.25, -0.2) is 14.2 Å². The molecule has 0 atom stereocenters. The highest BCUT2D eigenvalue weighted by molar-refractivity contribution is 5.88. The molecule has 0 unspecified atom stereocenters. The number of amides is 2. The smallest absolute Gasteiger partial charge is 0.320 e. The molecule has 0 saturated heterocycles. The van der Waals surface area contributed by atoms with Crippen LogP contribution in [0.4, 0.5) is 20.7 Å². The van der Waals surface area contributed by atoms with Crippen LogP contribution in [-0.2, 0) is 6.61 Å². The second kappa shape index (κ2) is 7.92. The van der Waals surface area contributed by atoms with Gasteiger partial charge in [0.05, 0.1) is 6.20 Å². The van der Waals surface area contributed by atoms with Crippen LogP contribution >= 0.6 is 0 Å². The Labute approximate surface area is 133 Å². The third-order valence-corrected chi connectivity index (χ3v) is 2.81. The number of aromatic nitrogens is 2. The summed E-state index contributed by atoms with van der Waals surface area (Å²) in [6, 6.07) is 6.56. The predicted octanol–water partition coefficient (Wildman–Crippen LogP) is 2.31. The molecule has 122 valence electrons. The topological polar surface area (TPSA) is 102 Å². The number of carbonyl (C=O) groups excluding carboxylic acids is 1. The SMILES string of the molecule is CCCNC(=O)Nc1nc(OCc2cccc(N)c2)ncc1F. The number of hydrogen-bond donors (Lipinski definition) is 3. The van der Waals surface area contributed by atoms with Crippen LogP contribution in [-0.4, -0.2) is 22.5 Å². The number of nitrogens with one attached hydrogen (secondary N) is 2. The molecule has 0 fully saturated rings. The molecule has 0 aliphatic carbocycles. The van der Waals surface area contributed by atoms with Crippen molar-refractivity contribution in [2.45, 2.75) is 20.0 Å². The van der Waals surface area contributed by atoms with Gasteiger partial charge >= 0.3 is 12.0 Å². The minimum Gasteiger partial charge on any atom is -0.459 e. The zero-order valence-corrected chi connectivity index (χ0v) is 12.7. The number of ether oxygens (including phenoxy) is 1. The fraction of sp³-hybridized carbons (Fsp3) is 0.267. The van der Waals surface area contributed by atoms with Crippen molar-refractivity contribution in [3.63, 3.8) is 0 Å². The number of urea groups is 1. The van der Waals surface area contributed by atoms with Crippen molar-refractivity contribution in [2.75, 3.05) is 17.6 Å². The molecule has 0 bridgehead atoms. The standard InChI is InChI=1S/C15H18FN5O2/c1-2-6-18-14(22)20-13-12(16)8-19-15(21-13)23-9-10-4-3-5-11(17)7-10/h3-5,7-8H,2,6,9,17H2,1H3,(H2,18,19,20,21,22). The number of hydrogen-bond acceptors (Lipinski definition) is 5. The number of halogens is 1. The molecular formula is C15H18FN5O2. The van der Waals surface area contributed by atoms with E-state index in [4.69, 9.17) is 10.5 Å². The fourth-order valence-electron chi connectivity index (χ4n) is 1.73. The number of carbonyl (C=O) groups is 1. The zero-order valence-electron chi connectivity index (χ0n) is 12.7. The largest absolute Gasteiger partial charge is 0.459 e. The molecule has 1 heterocycles. The lowest BCUT2D eigenvalue weighted by Crippen LogP contribution is -2.30. The Bertz CT molecular complexity index is 681. The second-order valence-electron chi connectivity index (χ2n) is 4.76. The number of nitrogen functional groups attached to an aromatic ring is 1. The van der Waals surface area contributed by atoms with E-state index in [1.807, 2.05) is 13.0 Å². The average Bonchev–Trinajstić information content (AvgIpc) is 2.54. The van der Waals surface area contributed by atoms with E-state index in [-0.39, 0.29) is 18.4 Å². The molecule has 4 N–H and O–H groups in total. The van der Waals surface area contributed by atoms with Gasteiger partial charge in [-0.3, -0.25) is 5.32 Å². The van der Waals surface area contributed by atoms with Crippen molar-refractivity contribution in [1.82, 2.24) is 15.3 Å². The molecule has 0 saturated carbocycles. The highest BCUT2D eigenvalue weighted by Gasteiger charge is 2.11. The van der Waals surface area contributed by atoms with Crippen LogP contribution in [0.2, 0.25) is 0 Å². The first-order valence-corrected chi connectivity index (χ1v) is 7.13. The molecule has 0 aliphatic rings. The summed E-state index contributed by atoms with van der Waals surface area (Å²) in [5.74, 6) is -0.982. The monoisotopic (exact) mass is 319 g/mol. The Morgan fingerprint density at radius 3 is 3.00 bits per heavy atom. The lowest BCUT2D eigenvalue weighted by atomic mass is 10.2. The highest BCUT2D eigenvalue weighted by atomic mass is 19.1. The fourth-order valence-corrected chi connectivity index (χ4v) is 1.73. The van der Waals surface area contributed by atoms with Crippen LogP contribution in [0, 0.1) is 5.82 Å². The maximum absolute atomic E-state index is 13.6. The quantitative estimate of drug-likeness (QED) is 0.709. The molecular weight excluding hydrogens is 301 g/mol. The molecule has 2 rings (SSSR count). The van der Waals surface area contributed by atoms with Gasteiger partial charge in [0.25, 0.3) is 0 Å². The van der Waals surface area contributed by atoms with Crippen LogP contribution < -0.4 is 21.1 Å². The van der Waals surface area contributed by atoms with E-state index < -0.39 is 11.8 Å². The molecule has 2 amide bonds. The van der Waals surface area contributed by atoms with Crippen molar-refractivity contribution in [1.29, 1.82) is 0 Å². The molecule has 2 aromatic rings. The van der Waals surface area contributed by atoms with Crippen molar-refractivity contribution in [2.24, 2.45) is 0 Å². The molecule has 7 nitrogen and oxygen atoms in total. The third-order valence-electron chi connectivity index (χ3n) is 2.81. The number of nitrogens with zero attached hydrogens (tertiary/aromatic N) is 2. The molecule has 23 heavy (non-hydrogen) atoms. The van der Waals surface area contributed by atoms with Crippen molar-refractivity contribution < 1.29 is 13.9 Å². The van der Waals surface area contributed by atoms with E-state index in [1.165, 1.54) is 0 Å². The van der Waals surface area contributed by atoms with Crippen LogP contribution in [0.25, 0.3) is 0 Å². The van der Waals surface area contributed by atoms with Gasteiger partial charge in [0.15, 0.2) is 11.6 Å². The third kappa shape index (κ3) is 5.10. The first-order valence-electron chi connectivity index (χ1n) is 7.13. The summed E-state index contributed by atoms with van der Waals surface area (Å²) in [6.45, 7) is 2.57. The lowest BCUT2D eigenvalue weighted by Gasteiger charge is -2.09. The van der Waals surface area contributed by atoms with Gasteiger partial charge in [0.2, 0.25) is 0 Å². The normalized spacial score (nSPS) is 10.2. The Balaban J connectivity index is 2.00. The lowest BCUT2D eigenvalue weighted by molar-refractivity contribution is 0.251. The Morgan fingerprint density at radius 1 is 1.43 bits per heavy atom. The van der Waals surface area contributed by atoms with Crippen molar-refractivity contribution >= 4 is 17.5 Å². The van der Waals surface area contributed by atoms with Gasteiger partial charge in [0, 0.05) is 12.2 Å². The summed E-state index contributed by atoms with van der Waals surface area (Å²) in [5, 5.41) is 4.88. The van der Waals surface area contributed by atoms with E-state index in [0.717, 1.165) is 18.2 Å². The molecule has 0 aliphatic heterocycles. The number of anilines is 2. The van der Waals surface area contributed by atoms with Crippen LogP contribution in [0.1, 0.15) is 18.9 Å². The summed E-state index contributed by atoms with van der Waals surface area (Å²) in [7, 11) is 0. The van der Waals surface area contributed by atoms with E-state index in [0.29, 0.717) is 12.2 Å².